The minimum atomic E-state index is -0.0945. The Kier molecular flexibility index (Phi) is 5.70. The smallest absolute Gasteiger partial charge is 0.251 e. The van der Waals surface area contributed by atoms with Crippen molar-refractivity contribution in [1.29, 1.82) is 0 Å². The number of fused-ring (bicyclic) bond motifs is 1. The number of benzene rings is 2. The van der Waals surface area contributed by atoms with Crippen LogP contribution in [0, 0.1) is 5.92 Å². The molecule has 2 N–H and O–H groups in total. The first-order valence-electron chi connectivity index (χ1n) is 9.90. The Morgan fingerprint density at radius 3 is 2.83 bits per heavy atom. The van der Waals surface area contributed by atoms with Gasteiger partial charge in [0.05, 0.1) is 12.3 Å². The first-order valence-corrected chi connectivity index (χ1v) is 9.90. The quantitative estimate of drug-likeness (QED) is 0.675. The predicted octanol–water partition coefficient (Wildman–Crippen LogP) is 3.56. The van der Waals surface area contributed by atoms with E-state index in [-0.39, 0.29) is 11.8 Å². The molecule has 0 saturated carbocycles. The number of anilines is 1. The topological polar surface area (TPSA) is 76.1 Å². The van der Waals surface area contributed by atoms with Gasteiger partial charge in [-0.1, -0.05) is 30.3 Å². The van der Waals surface area contributed by atoms with Crippen LogP contribution in [0.2, 0.25) is 0 Å². The highest BCUT2D eigenvalue weighted by Crippen LogP contribution is 2.26. The van der Waals surface area contributed by atoms with Gasteiger partial charge < -0.3 is 15.4 Å². The summed E-state index contributed by atoms with van der Waals surface area (Å²) in [7, 11) is 0. The Morgan fingerprint density at radius 1 is 1.10 bits per heavy atom. The maximum absolute atomic E-state index is 12.7. The van der Waals surface area contributed by atoms with Crippen LogP contribution in [0.1, 0.15) is 22.8 Å². The number of nitrogens with one attached hydrogen (secondary N) is 2. The highest BCUT2D eigenvalue weighted by Gasteiger charge is 2.20. The van der Waals surface area contributed by atoms with Crippen LogP contribution in [0.15, 0.2) is 60.7 Å². The van der Waals surface area contributed by atoms with Gasteiger partial charge in [0.15, 0.2) is 0 Å². The summed E-state index contributed by atoms with van der Waals surface area (Å²) in [6.07, 6.45) is 0.907. The Balaban J connectivity index is 1.39. The molecule has 0 bridgehead atoms. The largest absolute Gasteiger partial charge is 0.493 e. The second-order valence-corrected chi connectivity index (χ2v) is 7.11. The van der Waals surface area contributed by atoms with Gasteiger partial charge in [0.25, 0.3) is 5.91 Å². The van der Waals surface area contributed by atoms with Crippen molar-refractivity contribution in [2.45, 2.75) is 13.3 Å². The number of carbonyl (C=O) groups excluding carboxylic acids is 1. The molecule has 1 aliphatic heterocycles. The average molecular weight is 388 g/mol. The highest BCUT2D eigenvalue weighted by molar-refractivity contribution is 5.95. The van der Waals surface area contributed by atoms with Gasteiger partial charge in [0.2, 0.25) is 0 Å². The van der Waals surface area contributed by atoms with Crippen LogP contribution in [0.5, 0.6) is 5.75 Å². The molecule has 0 fully saturated rings. The molecule has 0 saturated heterocycles. The van der Waals surface area contributed by atoms with Crippen LogP contribution < -0.4 is 15.4 Å². The molecule has 6 nitrogen and oxygen atoms in total. The van der Waals surface area contributed by atoms with E-state index < -0.39 is 0 Å². The van der Waals surface area contributed by atoms with Crippen LogP contribution in [-0.4, -0.2) is 35.8 Å². The monoisotopic (exact) mass is 388 g/mol. The van der Waals surface area contributed by atoms with E-state index in [1.807, 2.05) is 61.5 Å². The Bertz CT molecular complexity index is 988. The highest BCUT2D eigenvalue weighted by atomic mass is 16.5. The maximum Gasteiger partial charge on any atom is 0.251 e. The molecule has 1 aliphatic rings. The van der Waals surface area contributed by atoms with Crippen molar-refractivity contribution in [3.8, 4) is 17.0 Å². The number of nitrogens with zero attached hydrogens (tertiary/aromatic N) is 2. The fourth-order valence-electron chi connectivity index (χ4n) is 3.44. The van der Waals surface area contributed by atoms with Crippen molar-refractivity contribution in [3.63, 3.8) is 0 Å². The Labute approximate surface area is 170 Å². The molecular formula is C23H24N4O2. The summed E-state index contributed by atoms with van der Waals surface area (Å²) in [6, 6.07) is 19.3. The molecular weight excluding hydrogens is 364 g/mol. The summed E-state index contributed by atoms with van der Waals surface area (Å²) in [5.41, 5.74) is 3.40. The number of hydrogen-bond acceptors (Lipinski definition) is 5. The molecule has 1 amide bonds. The van der Waals surface area contributed by atoms with Gasteiger partial charge in [0.1, 0.15) is 11.6 Å². The zero-order valence-electron chi connectivity index (χ0n) is 16.4. The molecule has 6 heteroatoms. The molecule has 0 spiro atoms. The Hall–Kier alpha value is -3.41. The van der Waals surface area contributed by atoms with E-state index in [1.165, 1.54) is 5.56 Å². The van der Waals surface area contributed by atoms with Crippen molar-refractivity contribution in [1.82, 2.24) is 15.5 Å². The van der Waals surface area contributed by atoms with Crippen LogP contribution >= 0.6 is 0 Å². The van der Waals surface area contributed by atoms with Gasteiger partial charge in [-0.2, -0.15) is 0 Å². The Morgan fingerprint density at radius 2 is 2.00 bits per heavy atom. The van der Waals surface area contributed by atoms with Crippen molar-refractivity contribution >= 4 is 11.7 Å². The van der Waals surface area contributed by atoms with Crippen molar-refractivity contribution in [2.75, 3.05) is 25.0 Å². The summed E-state index contributed by atoms with van der Waals surface area (Å²) in [5.74, 6) is 1.86. The molecule has 0 aliphatic carbocycles. The summed E-state index contributed by atoms with van der Waals surface area (Å²) in [4.78, 5) is 12.7. The van der Waals surface area contributed by atoms with E-state index in [1.54, 1.807) is 0 Å². The SMILES string of the molecule is CCNc1ccc(-c2cccc(C(=O)NC[C@@H]3COc4ccccc4C3)c2)nn1. The molecule has 1 aromatic heterocycles. The molecule has 29 heavy (non-hydrogen) atoms. The van der Waals surface area contributed by atoms with Gasteiger partial charge in [-0.25, -0.2) is 0 Å². The maximum atomic E-state index is 12.7. The normalized spacial score (nSPS) is 15.1. The van der Waals surface area contributed by atoms with Gasteiger partial charge in [0, 0.05) is 30.1 Å². The zero-order valence-corrected chi connectivity index (χ0v) is 16.4. The summed E-state index contributed by atoms with van der Waals surface area (Å²) >= 11 is 0. The number of amides is 1. The summed E-state index contributed by atoms with van der Waals surface area (Å²) in [6.45, 7) is 4.00. The third-order valence-corrected chi connectivity index (χ3v) is 4.95. The van der Waals surface area contributed by atoms with Gasteiger partial charge in [-0.05, 0) is 49.2 Å². The van der Waals surface area contributed by atoms with E-state index in [2.05, 4.69) is 26.9 Å². The van der Waals surface area contributed by atoms with Crippen molar-refractivity contribution < 1.29 is 9.53 Å². The van der Waals surface area contributed by atoms with E-state index in [0.717, 1.165) is 35.8 Å². The first-order chi connectivity index (χ1) is 14.2. The lowest BCUT2D eigenvalue weighted by Gasteiger charge is -2.25. The van der Waals surface area contributed by atoms with Gasteiger partial charge in [-0.3, -0.25) is 4.79 Å². The van der Waals surface area contributed by atoms with E-state index in [4.69, 9.17) is 4.74 Å². The lowest BCUT2D eigenvalue weighted by molar-refractivity contribution is 0.0939. The van der Waals surface area contributed by atoms with Crippen LogP contribution in [-0.2, 0) is 6.42 Å². The van der Waals surface area contributed by atoms with E-state index in [9.17, 15) is 4.79 Å². The fraction of sp³-hybridized carbons (Fsp3) is 0.261. The van der Waals surface area contributed by atoms with Crippen LogP contribution in [0.25, 0.3) is 11.3 Å². The standard InChI is InChI=1S/C23H24N4O2/c1-2-24-22-11-10-20(26-27-22)17-7-5-8-19(13-17)23(28)25-14-16-12-18-6-3-4-9-21(18)29-15-16/h3-11,13,16H,2,12,14-15H2,1H3,(H,24,27)(H,25,28)/t16-/m1/s1. The predicted molar refractivity (Wildman–Crippen MR) is 113 cm³/mol. The molecule has 4 rings (SSSR count). The first kappa shape index (κ1) is 18.9. The number of aromatic nitrogens is 2. The molecule has 148 valence electrons. The number of rotatable bonds is 6. The summed E-state index contributed by atoms with van der Waals surface area (Å²) in [5, 5.41) is 14.6. The fourth-order valence-corrected chi connectivity index (χ4v) is 3.44. The van der Waals surface area contributed by atoms with Crippen LogP contribution in [0.4, 0.5) is 5.82 Å². The minimum absolute atomic E-state index is 0.0945. The number of para-hydroxylation sites is 1. The van der Waals surface area contributed by atoms with Crippen molar-refractivity contribution in [2.24, 2.45) is 5.92 Å². The lowest BCUT2D eigenvalue weighted by atomic mass is 9.96. The third kappa shape index (κ3) is 4.54. The van der Waals surface area contributed by atoms with E-state index in [0.29, 0.717) is 18.7 Å². The molecule has 3 aromatic rings. The molecule has 1 atom stereocenters. The molecule has 2 aromatic carbocycles. The lowest BCUT2D eigenvalue weighted by Crippen LogP contribution is -2.34. The van der Waals surface area contributed by atoms with E-state index >= 15 is 0 Å². The molecule has 0 radical (unpaired) electrons. The van der Waals surface area contributed by atoms with Gasteiger partial charge in [-0.15, -0.1) is 10.2 Å². The molecule has 0 unspecified atom stereocenters. The van der Waals surface area contributed by atoms with Crippen LogP contribution in [0.3, 0.4) is 0 Å². The number of carbonyl (C=O) groups is 1. The summed E-state index contributed by atoms with van der Waals surface area (Å²) < 4.78 is 5.81. The number of hydrogen-bond donors (Lipinski definition) is 2. The number of ether oxygens (including phenoxy) is 1. The second-order valence-electron chi connectivity index (χ2n) is 7.11. The average Bonchev–Trinajstić information content (AvgIpc) is 2.78. The van der Waals surface area contributed by atoms with Gasteiger partial charge >= 0.3 is 0 Å². The third-order valence-electron chi connectivity index (χ3n) is 4.95. The second kappa shape index (κ2) is 8.73. The minimum Gasteiger partial charge on any atom is -0.493 e. The molecule has 2 heterocycles. The zero-order chi connectivity index (χ0) is 20.1. The van der Waals surface area contributed by atoms with Crippen molar-refractivity contribution in [3.05, 3.63) is 71.8 Å².